The average Bonchev–Trinajstić information content (AvgIpc) is 2.31. The number of hydrogen-bond acceptors (Lipinski definition) is 3. The zero-order valence-electron chi connectivity index (χ0n) is 9.10. The van der Waals surface area contributed by atoms with E-state index in [4.69, 9.17) is 16.3 Å². The Hall–Kier alpha value is -0.640. The highest BCUT2D eigenvalue weighted by Crippen LogP contribution is 2.26. The SMILES string of the molecule is OC(CC1CCOCC1)c1ccc(Cl)cn1. The largest absolute Gasteiger partial charge is 0.387 e. The van der Waals surface area contributed by atoms with Gasteiger partial charge in [-0.25, -0.2) is 0 Å². The maximum atomic E-state index is 10.0. The summed E-state index contributed by atoms with van der Waals surface area (Å²) < 4.78 is 5.29. The number of halogens is 1. The zero-order chi connectivity index (χ0) is 11.4. The van der Waals surface area contributed by atoms with Gasteiger partial charge < -0.3 is 9.84 Å². The molecule has 0 saturated carbocycles. The summed E-state index contributed by atoms with van der Waals surface area (Å²) in [5, 5.41) is 10.6. The maximum absolute atomic E-state index is 10.0. The van der Waals surface area contributed by atoms with E-state index in [2.05, 4.69) is 4.98 Å². The van der Waals surface area contributed by atoms with E-state index in [1.54, 1.807) is 18.3 Å². The molecule has 1 aromatic rings. The van der Waals surface area contributed by atoms with Gasteiger partial charge in [0.15, 0.2) is 0 Å². The number of aromatic nitrogens is 1. The fraction of sp³-hybridized carbons (Fsp3) is 0.583. The molecule has 3 nitrogen and oxygen atoms in total. The fourth-order valence-electron chi connectivity index (χ4n) is 2.00. The summed E-state index contributed by atoms with van der Waals surface area (Å²) in [5.74, 6) is 0.543. The predicted octanol–water partition coefficient (Wildman–Crippen LogP) is 2.59. The lowest BCUT2D eigenvalue weighted by Crippen LogP contribution is -2.18. The topological polar surface area (TPSA) is 42.4 Å². The summed E-state index contributed by atoms with van der Waals surface area (Å²) in [6, 6.07) is 3.55. The van der Waals surface area contributed by atoms with Gasteiger partial charge in [-0.2, -0.15) is 0 Å². The molecule has 1 saturated heterocycles. The zero-order valence-corrected chi connectivity index (χ0v) is 9.86. The molecular formula is C12H16ClNO2. The van der Waals surface area contributed by atoms with Crippen molar-refractivity contribution in [1.82, 2.24) is 4.98 Å². The van der Waals surface area contributed by atoms with E-state index >= 15 is 0 Å². The minimum absolute atomic E-state index is 0.486. The summed E-state index contributed by atoms with van der Waals surface area (Å²) in [5.41, 5.74) is 0.705. The molecule has 4 heteroatoms. The molecule has 0 spiro atoms. The second kappa shape index (κ2) is 5.62. The first kappa shape index (κ1) is 11.8. The monoisotopic (exact) mass is 241 g/mol. The van der Waals surface area contributed by atoms with Crippen LogP contribution in [0.5, 0.6) is 0 Å². The molecule has 0 aromatic carbocycles. The van der Waals surface area contributed by atoms with Gasteiger partial charge in [-0.05, 0) is 37.3 Å². The van der Waals surface area contributed by atoms with Gasteiger partial charge in [-0.3, -0.25) is 4.98 Å². The van der Waals surface area contributed by atoms with Crippen molar-refractivity contribution in [3.63, 3.8) is 0 Å². The molecular weight excluding hydrogens is 226 g/mol. The van der Waals surface area contributed by atoms with E-state index in [-0.39, 0.29) is 0 Å². The van der Waals surface area contributed by atoms with E-state index in [0.29, 0.717) is 16.6 Å². The van der Waals surface area contributed by atoms with Gasteiger partial charge >= 0.3 is 0 Å². The van der Waals surface area contributed by atoms with E-state index in [0.717, 1.165) is 32.5 Å². The van der Waals surface area contributed by atoms with Gasteiger partial charge in [0.05, 0.1) is 16.8 Å². The summed E-state index contributed by atoms with van der Waals surface area (Å²) in [6.45, 7) is 1.62. The Kier molecular flexibility index (Phi) is 4.16. The lowest BCUT2D eigenvalue weighted by Gasteiger charge is -2.24. The smallest absolute Gasteiger partial charge is 0.0962 e. The van der Waals surface area contributed by atoms with Crippen LogP contribution in [0.1, 0.15) is 31.1 Å². The van der Waals surface area contributed by atoms with Crippen molar-refractivity contribution < 1.29 is 9.84 Å². The number of hydrogen-bond donors (Lipinski definition) is 1. The third-order valence-electron chi connectivity index (χ3n) is 2.99. The van der Waals surface area contributed by atoms with Crippen LogP contribution in [0.15, 0.2) is 18.3 Å². The van der Waals surface area contributed by atoms with Crippen molar-refractivity contribution in [2.75, 3.05) is 13.2 Å². The van der Waals surface area contributed by atoms with Crippen LogP contribution < -0.4 is 0 Å². The first-order chi connectivity index (χ1) is 7.75. The fourth-order valence-corrected chi connectivity index (χ4v) is 2.11. The lowest BCUT2D eigenvalue weighted by molar-refractivity contribution is 0.0427. The Morgan fingerprint density at radius 2 is 2.19 bits per heavy atom. The van der Waals surface area contributed by atoms with Gasteiger partial charge in [0.2, 0.25) is 0 Å². The van der Waals surface area contributed by atoms with Crippen LogP contribution in [-0.2, 0) is 4.74 Å². The van der Waals surface area contributed by atoms with Crippen LogP contribution in [0.25, 0.3) is 0 Å². The van der Waals surface area contributed by atoms with E-state index in [1.807, 2.05) is 0 Å². The number of ether oxygens (including phenoxy) is 1. The van der Waals surface area contributed by atoms with Crippen LogP contribution in [0.2, 0.25) is 5.02 Å². The summed E-state index contributed by atoms with van der Waals surface area (Å²) in [4.78, 5) is 4.13. The van der Waals surface area contributed by atoms with Gasteiger partial charge in [0.1, 0.15) is 0 Å². The molecule has 0 amide bonds. The molecule has 1 atom stereocenters. The third kappa shape index (κ3) is 3.17. The highest BCUT2D eigenvalue weighted by molar-refractivity contribution is 6.30. The normalized spacial score (nSPS) is 19.6. The molecule has 0 radical (unpaired) electrons. The average molecular weight is 242 g/mol. The van der Waals surface area contributed by atoms with E-state index < -0.39 is 6.10 Å². The van der Waals surface area contributed by atoms with Crippen LogP contribution >= 0.6 is 11.6 Å². The van der Waals surface area contributed by atoms with Crippen molar-refractivity contribution in [3.8, 4) is 0 Å². The van der Waals surface area contributed by atoms with Gasteiger partial charge in [0, 0.05) is 19.4 Å². The number of nitrogens with zero attached hydrogens (tertiary/aromatic N) is 1. The van der Waals surface area contributed by atoms with Gasteiger partial charge in [0.25, 0.3) is 0 Å². The van der Waals surface area contributed by atoms with Crippen LogP contribution in [0.3, 0.4) is 0 Å². The molecule has 1 aromatic heterocycles. The molecule has 0 aliphatic carbocycles. The van der Waals surface area contributed by atoms with Crippen molar-refractivity contribution in [2.24, 2.45) is 5.92 Å². The van der Waals surface area contributed by atoms with Crippen molar-refractivity contribution >= 4 is 11.6 Å². The molecule has 1 aliphatic heterocycles. The maximum Gasteiger partial charge on any atom is 0.0962 e. The number of rotatable bonds is 3. The van der Waals surface area contributed by atoms with Crippen LogP contribution in [0.4, 0.5) is 0 Å². The van der Waals surface area contributed by atoms with Crippen molar-refractivity contribution in [3.05, 3.63) is 29.0 Å². The van der Waals surface area contributed by atoms with Crippen LogP contribution in [0, 0.1) is 5.92 Å². The molecule has 88 valence electrons. The molecule has 1 unspecified atom stereocenters. The first-order valence-electron chi connectivity index (χ1n) is 5.63. The quantitative estimate of drug-likeness (QED) is 0.885. The third-order valence-corrected chi connectivity index (χ3v) is 3.21. The standard InChI is InChI=1S/C12H16ClNO2/c13-10-1-2-11(14-8-10)12(15)7-9-3-5-16-6-4-9/h1-2,8-9,12,15H,3-7H2. The Balaban J connectivity index is 1.91. The Bertz CT molecular complexity index is 322. The summed E-state index contributed by atoms with van der Waals surface area (Å²) in [7, 11) is 0. The van der Waals surface area contributed by atoms with Crippen molar-refractivity contribution in [2.45, 2.75) is 25.4 Å². The Morgan fingerprint density at radius 3 is 2.81 bits per heavy atom. The Morgan fingerprint density at radius 1 is 1.44 bits per heavy atom. The second-order valence-corrected chi connectivity index (χ2v) is 4.64. The highest BCUT2D eigenvalue weighted by atomic mass is 35.5. The predicted molar refractivity (Wildman–Crippen MR) is 62.4 cm³/mol. The molecule has 2 heterocycles. The number of pyridine rings is 1. The molecule has 2 rings (SSSR count). The molecule has 16 heavy (non-hydrogen) atoms. The van der Waals surface area contributed by atoms with E-state index in [9.17, 15) is 5.11 Å². The number of aliphatic hydroxyl groups excluding tert-OH is 1. The number of aliphatic hydroxyl groups is 1. The highest BCUT2D eigenvalue weighted by Gasteiger charge is 2.19. The Labute approximate surface area is 100 Å². The summed E-state index contributed by atoms with van der Waals surface area (Å²) in [6.07, 6.45) is 3.91. The second-order valence-electron chi connectivity index (χ2n) is 4.21. The van der Waals surface area contributed by atoms with Crippen molar-refractivity contribution in [1.29, 1.82) is 0 Å². The molecule has 1 aliphatic rings. The van der Waals surface area contributed by atoms with E-state index in [1.165, 1.54) is 0 Å². The lowest BCUT2D eigenvalue weighted by atomic mass is 9.92. The van der Waals surface area contributed by atoms with Crippen LogP contribution in [-0.4, -0.2) is 23.3 Å². The first-order valence-corrected chi connectivity index (χ1v) is 6.01. The minimum atomic E-state index is -0.486. The minimum Gasteiger partial charge on any atom is -0.387 e. The van der Waals surface area contributed by atoms with Gasteiger partial charge in [-0.15, -0.1) is 0 Å². The molecule has 0 bridgehead atoms. The van der Waals surface area contributed by atoms with Gasteiger partial charge in [-0.1, -0.05) is 11.6 Å². The molecule has 1 fully saturated rings. The molecule has 1 N–H and O–H groups in total. The summed E-state index contributed by atoms with van der Waals surface area (Å²) >= 11 is 5.75.